The molecule has 0 spiro atoms. The zero-order valence-corrected chi connectivity index (χ0v) is 17.3. The Morgan fingerprint density at radius 2 is 1.90 bits per heavy atom. The van der Waals surface area contributed by atoms with Gasteiger partial charge in [-0.3, -0.25) is 0 Å². The SMILES string of the molecule is C=C/C=c1/ccc(-c2cn3ccnc(Nc4ccc(NS(C)=O)cc4)c3n2)cc1=C. The maximum absolute atomic E-state index is 11.3. The van der Waals surface area contributed by atoms with Gasteiger partial charge in [0.2, 0.25) is 0 Å². The van der Waals surface area contributed by atoms with Crippen molar-refractivity contribution < 1.29 is 4.21 Å². The Hall–Kier alpha value is -3.71. The molecule has 0 aliphatic heterocycles. The fourth-order valence-corrected chi connectivity index (χ4v) is 3.59. The molecule has 2 aromatic heterocycles. The Labute approximate surface area is 176 Å². The maximum Gasteiger partial charge on any atom is 0.181 e. The lowest BCUT2D eigenvalue weighted by Crippen LogP contribution is -2.22. The van der Waals surface area contributed by atoms with Crippen LogP contribution in [0.15, 0.2) is 73.7 Å². The van der Waals surface area contributed by atoms with Crippen molar-refractivity contribution >= 4 is 46.5 Å². The number of fused-ring (bicyclic) bond motifs is 1. The highest BCUT2D eigenvalue weighted by Gasteiger charge is 2.10. The molecule has 2 N–H and O–H groups in total. The molecule has 1 unspecified atom stereocenters. The van der Waals surface area contributed by atoms with Gasteiger partial charge in [0, 0.05) is 41.8 Å². The zero-order chi connectivity index (χ0) is 21.1. The summed E-state index contributed by atoms with van der Waals surface area (Å²) in [6.45, 7) is 7.85. The van der Waals surface area contributed by atoms with E-state index in [9.17, 15) is 4.21 Å². The van der Waals surface area contributed by atoms with Gasteiger partial charge in [0.15, 0.2) is 11.5 Å². The van der Waals surface area contributed by atoms with Crippen LogP contribution in [-0.2, 0) is 11.0 Å². The van der Waals surface area contributed by atoms with E-state index >= 15 is 0 Å². The molecule has 2 aromatic carbocycles. The topological polar surface area (TPSA) is 71.3 Å². The summed E-state index contributed by atoms with van der Waals surface area (Å²) in [5.74, 6) is 0.648. The number of anilines is 3. The molecule has 2 heterocycles. The second kappa shape index (κ2) is 8.34. The van der Waals surface area contributed by atoms with Gasteiger partial charge in [0.25, 0.3) is 0 Å². The molecule has 0 saturated carbocycles. The van der Waals surface area contributed by atoms with E-state index in [2.05, 4.69) is 28.2 Å². The maximum atomic E-state index is 11.3. The van der Waals surface area contributed by atoms with Crippen molar-refractivity contribution in [1.82, 2.24) is 14.4 Å². The van der Waals surface area contributed by atoms with E-state index in [4.69, 9.17) is 4.98 Å². The molecule has 0 amide bonds. The Balaban J connectivity index is 1.66. The molecule has 1 atom stereocenters. The normalized spacial score (nSPS) is 12.6. The minimum absolute atomic E-state index is 0.648. The number of nitrogens with zero attached hydrogens (tertiary/aromatic N) is 3. The van der Waals surface area contributed by atoms with Crippen LogP contribution in [0.1, 0.15) is 0 Å². The smallest absolute Gasteiger partial charge is 0.181 e. The fraction of sp³-hybridized carbons (Fsp3) is 0.0435. The van der Waals surface area contributed by atoms with Crippen molar-refractivity contribution in [3.05, 3.63) is 84.1 Å². The Morgan fingerprint density at radius 3 is 2.60 bits per heavy atom. The van der Waals surface area contributed by atoms with E-state index in [1.165, 1.54) is 0 Å². The highest BCUT2D eigenvalue weighted by Crippen LogP contribution is 2.24. The summed E-state index contributed by atoms with van der Waals surface area (Å²) in [7, 11) is -1.11. The number of hydrogen-bond acceptors (Lipinski definition) is 4. The van der Waals surface area contributed by atoms with Crippen molar-refractivity contribution in [2.75, 3.05) is 16.3 Å². The number of benzene rings is 2. The molecule has 150 valence electrons. The van der Waals surface area contributed by atoms with Gasteiger partial charge in [-0.2, -0.15) is 0 Å². The Bertz CT molecular complexity index is 1360. The summed E-state index contributed by atoms with van der Waals surface area (Å²) >= 11 is 0. The molecular weight excluding hydrogens is 394 g/mol. The molecule has 7 heteroatoms. The molecule has 0 aliphatic rings. The van der Waals surface area contributed by atoms with Crippen molar-refractivity contribution in [3.8, 4) is 11.3 Å². The van der Waals surface area contributed by atoms with E-state index in [1.54, 1.807) is 18.5 Å². The van der Waals surface area contributed by atoms with Crippen LogP contribution in [0.2, 0.25) is 0 Å². The minimum atomic E-state index is -1.11. The molecule has 30 heavy (non-hydrogen) atoms. The van der Waals surface area contributed by atoms with E-state index < -0.39 is 11.0 Å². The number of allylic oxidation sites excluding steroid dienone is 1. The molecule has 4 rings (SSSR count). The van der Waals surface area contributed by atoms with Crippen LogP contribution in [-0.4, -0.2) is 24.8 Å². The second-order valence-electron chi connectivity index (χ2n) is 6.71. The largest absolute Gasteiger partial charge is 0.337 e. The lowest BCUT2D eigenvalue weighted by Gasteiger charge is -2.08. The fourth-order valence-electron chi connectivity index (χ4n) is 3.13. The summed E-state index contributed by atoms with van der Waals surface area (Å²) in [6, 6.07) is 13.6. The molecular formula is C23H21N5OS. The zero-order valence-electron chi connectivity index (χ0n) is 16.5. The average molecular weight is 416 g/mol. The van der Waals surface area contributed by atoms with Crippen molar-refractivity contribution in [3.63, 3.8) is 0 Å². The predicted molar refractivity (Wildman–Crippen MR) is 125 cm³/mol. The number of rotatable bonds is 6. The third kappa shape index (κ3) is 4.16. The van der Waals surface area contributed by atoms with Gasteiger partial charge < -0.3 is 14.4 Å². The first-order chi connectivity index (χ1) is 14.5. The summed E-state index contributed by atoms with van der Waals surface area (Å²) < 4.78 is 16.1. The number of hydrogen-bond donors (Lipinski definition) is 2. The minimum Gasteiger partial charge on any atom is -0.337 e. The number of imidazole rings is 1. The molecule has 0 fully saturated rings. The van der Waals surface area contributed by atoms with Crippen LogP contribution in [0.4, 0.5) is 17.2 Å². The summed E-state index contributed by atoms with van der Waals surface area (Å²) in [5, 5.41) is 5.26. The van der Waals surface area contributed by atoms with Crippen LogP contribution in [0.25, 0.3) is 29.6 Å². The van der Waals surface area contributed by atoms with Gasteiger partial charge >= 0.3 is 0 Å². The standard InChI is InChI=1S/C23H21N5OS/c1-4-5-17-6-7-18(14-16(17)2)21-15-28-13-12-24-22(23(28)26-21)25-19-8-10-20(11-9-19)27-30(3)29/h4-15,27H,1-2H2,3H3,(H,24,25)/b17-5-. The molecule has 6 nitrogen and oxygen atoms in total. The average Bonchev–Trinajstić information content (AvgIpc) is 3.16. The summed E-state index contributed by atoms with van der Waals surface area (Å²) in [5.41, 5.74) is 4.19. The van der Waals surface area contributed by atoms with Crippen LogP contribution in [0, 0.1) is 0 Å². The molecule has 0 radical (unpaired) electrons. The highest BCUT2D eigenvalue weighted by atomic mass is 32.2. The van der Waals surface area contributed by atoms with Gasteiger partial charge in [0.05, 0.1) is 5.69 Å². The van der Waals surface area contributed by atoms with Gasteiger partial charge in [-0.1, -0.05) is 37.4 Å². The highest BCUT2D eigenvalue weighted by molar-refractivity contribution is 7.85. The quantitative estimate of drug-likeness (QED) is 0.507. The van der Waals surface area contributed by atoms with Gasteiger partial charge in [-0.25, -0.2) is 14.2 Å². The lowest BCUT2D eigenvalue weighted by atomic mass is 10.1. The van der Waals surface area contributed by atoms with Crippen molar-refractivity contribution in [1.29, 1.82) is 0 Å². The molecule has 0 bridgehead atoms. The van der Waals surface area contributed by atoms with E-state index in [-0.39, 0.29) is 0 Å². The molecule has 4 aromatic rings. The first-order valence-electron chi connectivity index (χ1n) is 9.26. The van der Waals surface area contributed by atoms with E-state index in [1.807, 2.05) is 65.3 Å². The van der Waals surface area contributed by atoms with Crippen LogP contribution >= 0.6 is 0 Å². The monoisotopic (exact) mass is 415 g/mol. The first-order valence-corrected chi connectivity index (χ1v) is 10.8. The van der Waals surface area contributed by atoms with E-state index in [0.717, 1.165) is 38.7 Å². The predicted octanol–water partition coefficient (Wildman–Crippen LogP) is 3.22. The summed E-state index contributed by atoms with van der Waals surface area (Å²) in [6.07, 6.45) is 10.8. The van der Waals surface area contributed by atoms with E-state index in [0.29, 0.717) is 5.82 Å². The van der Waals surface area contributed by atoms with Crippen molar-refractivity contribution in [2.45, 2.75) is 0 Å². The van der Waals surface area contributed by atoms with Gasteiger partial charge in [-0.05, 0) is 40.8 Å². The Morgan fingerprint density at radius 1 is 1.13 bits per heavy atom. The summed E-state index contributed by atoms with van der Waals surface area (Å²) in [4.78, 5) is 9.23. The van der Waals surface area contributed by atoms with Crippen molar-refractivity contribution in [2.24, 2.45) is 0 Å². The second-order valence-corrected chi connectivity index (χ2v) is 7.82. The van der Waals surface area contributed by atoms with Crippen LogP contribution < -0.4 is 20.5 Å². The Kier molecular flexibility index (Phi) is 5.45. The third-order valence-electron chi connectivity index (χ3n) is 4.52. The third-order valence-corrected chi connectivity index (χ3v) is 5.04. The number of aromatic nitrogens is 3. The van der Waals surface area contributed by atoms with Gasteiger partial charge in [-0.15, -0.1) is 0 Å². The van der Waals surface area contributed by atoms with Crippen LogP contribution in [0.3, 0.4) is 0 Å². The molecule has 0 saturated heterocycles. The van der Waals surface area contributed by atoms with Crippen LogP contribution in [0.5, 0.6) is 0 Å². The first kappa shape index (κ1) is 19.6. The lowest BCUT2D eigenvalue weighted by molar-refractivity contribution is 0.690. The van der Waals surface area contributed by atoms with Gasteiger partial charge in [0.1, 0.15) is 11.0 Å². The molecule has 0 aliphatic carbocycles. The number of nitrogens with one attached hydrogen (secondary N) is 2.